The summed E-state index contributed by atoms with van der Waals surface area (Å²) in [4.78, 5) is 16.9. The monoisotopic (exact) mass is 317 g/mol. The normalized spacial score (nSPS) is 19.8. The van der Waals surface area contributed by atoms with Crippen LogP contribution in [0.3, 0.4) is 0 Å². The minimum Gasteiger partial charge on any atom is -0.368 e. The molecule has 0 fully saturated rings. The Morgan fingerprint density at radius 2 is 1.79 bits per heavy atom. The molecule has 3 heterocycles. The van der Waals surface area contributed by atoms with Crippen molar-refractivity contribution < 1.29 is 0 Å². The first kappa shape index (κ1) is 14.3. The number of rotatable bonds is 2. The topological polar surface area (TPSA) is 115 Å². The molecule has 1 unspecified atom stereocenters. The van der Waals surface area contributed by atoms with Gasteiger partial charge in [0.15, 0.2) is 0 Å². The van der Waals surface area contributed by atoms with E-state index in [4.69, 9.17) is 11.5 Å². The summed E-state index contributed by atoms with van der Waals surface area (Å²) in [6, 6.07) is 9.84. The zero-order valence-electron chi connectivity index (χ0n) is 12.7. The number of anilines is 1. The lowest BCUT2D eigenvalue weighted by atomic mass is 10.1. The number of nitrogens with zero attached hydrogens (tertiary/aromatic N) is 4. The fraction of sp³-hybridized carbons (Fsp3) is 0.0588. The second-order valence-electron chi connectivity index (χ2n) is 5.50. The van der Waals surface area contributed by atoms with E-state index in [1.54, 1.807) is 24.8 Å². The van der Waals surface area contributed by atoms with Crippen molar-refractivity contribution in [2.24, 2.45) is 10.7 Å². The van der Waals surface area contributed by atoms with Gasteiger partial charge in [-0.2, -0.15) is 0 Å². The van der Waals surface area contributed by atoms with Crippen molar-refractivity contribution in [2.45, 2.75) is 5.79 Å². The van der Waals surface area contributed by atoms with Gasteiger partial charge in [0.25, 0.3) is 0 Å². The zero-order valence-corrected chi connectivity index (χ0v) is 12.7. The minimum atomic E-state index is -1.11. The van der Waals surface area contributed by atoms with Crippen LogP contribution in [0.2, 0.25) is 0 Å². The molecule has 3 aromatic rings. The molecule has 7 heteroatoms. The fourth-order valence-corrected chi connectivity index (χ4v) is 2.58. The van der Waals surface area contributed by atoms with Gasteiger partial charge in [-0.1, -0.05) is 18.2 Å². The molecule has 0 saturated heterocycles. The zero-order chi connectivity index (χ0) is 16.6. The average molecular weight is 317 g/mol. The lowest BCUT2D eigenvalue weighted by Crippen LogP contribution is -2.49. The summed E-state index contributed by atoms with van der Waals surface area (Å²) in [7, 11) is 0. The molecule has 5 N–H and O–H groups in total. The van der Waals surface area contributed by atoms with Gasteiger partial charge in [-0.15, -0.1) is 0 Å². The van der Waals surface area contributed by atoms with E-state index >= 15 is 0 Å². The third-order valence-electron chi connectivity index (χ3n) is 3.86. The van der Waals surface area contributed by atoms with Crippen LogP contribution in [0.15, 0.2) is 60.0 Å². The number of nitrogens with two attached hydrogens (primary N) is 2. The van der Waals surface area contributed by atoms with Crippen molar-refractivity contribution in [2.75, 3.05) is 5.73 Å². The highest BCUT2D eigenvalue weighted by Crippen LogP contribution is 2.26. The molecule has 0 aliphatic carbocycles. The molecule has 2 aromatic heterocycles. The van der Waals surface area contributed by atoms with E-state index in [0.717, 1.165) is 27.7 Å². The summed E-state index contributed by atoms with van der Waals surface area (Å²) >= 11 is 0. The Bertz CT molecular complexity index is 962. The summed E-state index contributed by atoms with van der Waals surface area (Å²) < 4.78 is 0. The maximum atomic E-state index is 6.47. The molecule has 24 heavy (non-hydrogen) atoms. The molecule has 0 spiro atoms. The SMILES string of the molecule is Nc1ncc(C2=CC=NC(N)(c3cnc4ccccc4c3)N2)cn1. The summed E-state index contributed by atoms with van der Waals surface area (Å²) in [6.45, 7) is 0. The van der Waals surface area contributed by atoms with E-state index in [1.807, 2.05) is 36.4 Å². The summed E-state index contributed by atoms with van der Waals surface area (Å²) in [5.41, 5.74) is 15.2. The average Bonchev–Trinajstić information content (AvgIpc) is 2.62. The van der Waals surface area contributed by atoms with Crippen molar-refractivity contribution >= 4 is 28.8 Å². The molecule has 1 atom stereocenters. The number of aliphatic imine (C=N–C) groups is 1. The Kier molecular flexibility index (Phi) is 3.21. The third-order valence-corrected chi connectivity index (χ3v) is 3.86. The molecule has 1 aliphatic rings. The summed E-state index contributed by atoms with van der Waals surface area (Å²) in [5, 5.41) is 4.23. The van der Waals surface area contributed by atoms with Crippen LogP contribution in [0.25, 0.3) is 16.6 Å². The Morgan fingerprint density at radius 3 is 2.62 bits per heavy atom. The number of nitrogen functional groups attached to an aromatic ring is 1. The van der Waals surface area contributed by atoms with Gasteiger partial charge in [-0.25, -0.2) is 15.0 Å². The van der Waals surface area contributed by atoms with Crippen LogP contribution in [0.4, 0.5) is 5.95 Å². The number of nitrogens with one attached hydrogen (secondary N) is 1. The smallest absolute Gasteiger partial charge is 0.219 e. The molecule has 1 aromatic carbocycles. The number of benzene rings is 1. The Balaban J connectivity index is 1.71. The van der Waals surface area contributed by atoms with E-state index < -0.39 is 5.79 Å². The third kappa shape index (κ3) is 2.46. The van der Waals surface area contributed by atoms with Crippen LogP contribution in [-0.4, -0.2) is 21.2 Å². The minimum absolute atomic E-state index is 0.224. The molecular formula is C17H15N7. The predicted molar refractivity (Wildman–Crippen MR) is 93.7 cm³/mol. The number of pyridine rings is 1. The molecule has 7 nitrogen and oxygen atoms in total. The van der Waals surface area contributed by atoms with Gasteiger partial charge >= 0.3 is 0 Å². The largest absolute Gasteiger partial charge is 0.368 e. The van der Waals surface area contributed by atoms with E-state index in [-0.39, 0.29) is 5.95 Å². The number of allylic oxidation sites excluding steroid dienone is 1. The molecule has 0 bridgehead atoms. The Hall–Kier alpha value is -3.32. The van der Waals surface area contributed by atoms with Gasteiger partial charge < -0.3 is 11.1 Å². The van der Waals surface area contributed by atoms with Crippen molar-refractivity contribution in [3.8, 4) is 0 Å². The van der Waals surface area contributed by atoms with Gasteiger partial charge in [0, 0.05) is 47.0 Å². The summed E-state index contributed by atoms with van der Waals surface area (Å²) in [6.07, 6.45) is 8.49. The Labute approximate surface area is 138 Å². The highest BCUT2D eigenvalue weighted by atomic mass is 15.3. The van der Waals surface area contributed by atoms with E-state index in [0.29, 0.717) is 0 Å². The van der Waals surface area contributed by atoms with Crippen molar-refractivity contribution in [3.05, 3.63) is 66.1 Å². The van der Waals surface area contributed by atoms with E-state index in [9.17, 15) is 0 Å². The first-order chi connectivity index (χ1) is 11.6. The second kappa shape index (κ2) is 5.39. The maximum absolute atomic E-state index is 6.47. The van der Waals surface area contributed by atoms with Crippen molar-refractivity contribution in [3.63, 3.8) is 0 Å². The summed E-state index contributed by atoms with van der Waals surface area (Å²) in [5.74, 6) is -0.885. The lowest BCUT2D eigenvalue weighted by Gasteiger charge is -2.31. The first-order valence-corrected chi connectivity index (χ1v) is 7.40. The molecule has 0 saturated carbocycles. The van der Waals surface area contributed by atoms with Gasteiger partial charge in [-0.3, -0.25) is 10.7 Å². The second-order valence-corrected chi connectivity index (χ2v) is 5.50. The maximum Gasteiger partial charge on any atom is 0.219 e. The van der Waals surface area contributed by atoms with Crippen LogP contribution in [0.5, 0.6) is 0 Å². The Morgan fingerprint density at radius 1 is 1.00 bits per heavy atom. The van der Waals surface area contributed by atoms with Crippen LogP contribution < -0.4 is 16.8 Å². The van der Waals surface area contributed by atoms with Crippen molar-refractivity contribution in [1.82, 2.24) is 20.3 Å². The van der Waals surface area contributed by atoms with E-state index in [1.165, 1.54) is 0 Å². The van der Waals surface area contributed by atoms with Crippen LogP contribution >= 0.6 is 0 Å². The molecular weight excluding hydrogens is 302 g/mol. The lowest BCUT2D eigenvalue weighted by molar-refractivity contribution is 0.421. The number of aromatic nitrogens is 3. The molecule has 1 aliphatic heterocycles. The van der Waals surface area contributed by atoms with Gasteiger partial charge in [0.2, 0.25) is 11.7 Å². The van der Waals surface area contributed by atoms with E-state index in [2.05, 4.69) is 25.3 Å². The molecule has 118 valence electrons. The number of fused-ring (bicyclic) bond motifs is 1. The molecule has 4 rings (SSSR count). The first-order valence-electron chi connectivity index (χ1n) is 7.40. The van der Waals surface area contributed by atoms with Crippen LogP contribution in [-0.2, 0) is 5.79 Å². The number of para-hydroxylation sites is 1. The quantitative estimate of drug-likeness (QED) is 0.658. The van der Waals surface area contributed by atoms with Crippen LogP contribution in [0, 0.1) is 0 Å². The molecule has 0 radical (unpaired) electrons. The van der Waals surface area contributed by atoms with Gasteiger partial charge in [-0.05, 0) is 18.2 Å². The fourth-order valence-electron chi connectivity index (χ4n) is 2.58. The van der Waals surface area contributed by atoms with Gasteiger partial charge in [0.05, 0.1) is 5.52 Å². The van der Waals surface area contributed by atoms with Crippen molar-refractivity contribution in [1.29, 1.82) is 0 Å². The predicted octanol–water partition coefficient (Wildman–Crippen LogP) is 1.39. The highest BCUT2D eigenvalue weighted by molar-refractivity contribution is 5.86. The molecule has 0 amide bonds. The number of hydrogen-bond donors (Lipinski definition) is 3. The van der Waals surface area contributed by atoms with Crippen LogP contribution in [0.1, 0.15) is 11.1 Å². The van der Waals surface area contributed by atoms with Gasteiger partial charge in [0.1, 0.15) is 0 Å². The number of hydrogen-bond acceptors (Lipinski definition) is 7. The standard InChI is InChI=1S/C17H15N7/c18-16-21-8-12(9-22-16)15-5-6-23-17(19,24-15)13-7-11-3-1-2-4-14(11)20-10-13/h1-10,24H,19H2,(H2,18,21,22). The highest BCUT2D eigenvalue weighted by Gasteiger charge is 2.29.